The van der Waals surface area contributed by atoms with Gasteiger partial charge in [-0.15, -0.1) is 0 Å². The molecule has 16 heteroatoms. The van der Waals surface area contributed by atoms with Gasteiger partial charge in [0, 0.05) is 0 Å². The van der Waals surface area contributed by atoms with Crippen molar-refractivity contribution in [2.24, 2.45) is 0 Å². The molecule has 5 aromatic carbocycles. The Morgan fingerprint density at radius 3 is 0.808 bits per heavy atom. The predicted molar refractivity (Wildman–Crippen MR) is 179 cm³/mol. The van der Waals surface area contributed by atoms with Crippen molar-refractivity contribution in [3.8, 4) is 0 Å². The van der Waals surface area contributed by atoms with Gasteiger partial charge in [0.25, 0.3) is 0 Å². The molecule has 0 fully saturated rings. The molecule has 0 aromatic heterocycles. The van der Waals surface area contributed by atoms with Crippen molar-refractivity contribution in [1.29, 1.82) is 0 Å². The first-order valence-electron chi connectivity index (χ1n) is 14.1. The summed E-state index contributed by atoms with van der Waals surface area (Å²) in [6.45, 7) is 0. The van der Waals surface area contributed by atoms with Gasteiger partial charge in [-0.2, -0.15) is 0 Å². The zero-order valence-corrected chi connectivity index (χ0v) is 26.2. The molecule has 266 valence electrons. The molecule has 0 saturated heterocycles. The van der Waals surface area contributed by atoms with E-state index in [9.17, 15) is 38.4 Å². The molecule has 0 saturated carbocycles. The Morgan fingerprint density at radius 1 is 0.269 bits per heavy atom. The molecule has 0 unspecified atom stereocenters. The lowest BCUT2D eigenvalue weighted by Gasteiger charge is -2.01. The molecular weight excluding hydrogens is 688 g/mol. The van der Waals surface area contributed by atoms with Crippen molar-refractivity contribution in [3.63, 3.8) is 0 Å². The minimum atomic E-state index is -1.23. The second-order valence-electron chi connectivity index (χ2n) is 9.92. The van der Waals surface area contributed by atoms with E-state index in [2.05, 4.69) is 0 Å². The minimum Gasteiger partial charge on any atom is -0.478 e. The number of benzene rings is 5. The van der Waals surface area contributed by atoms with E-state index in [-0.39, 0.29) is 44.5 Å². The van der Waals surface area contributed by atoms with Gasteiger partial charge in [0.05, 0.1) is 44.5 Å². The Labute approximate surface area is 291 Å². The fourth-order valence-electron chi connectivity index (χ4n) is 3.91. The van der Waals surface area contributed by atoms with Gasteiger partial charge in [-0.1, -0.05) is 30.3 Å². The van der Waals surface area contributed by atoms with E-state index in [4.69, 9.17) is 40.9 Å². The van der Waals surface area contributed by atoms with Gasteiger partial charge < -0.3 is 40.9 Å². The van der Waals surface area contributed by atoms with Crippen LogP contribution < -0.4 is 0 Å². The molecule has 0 heterocycles. The molecule has 0 radical (unpaired) electrons. The van der Waals surface area contributed by atoms with Gasteiger partial charge in [0.2, 0.25) is 0 Å². The summed E-state index contributed by atoms with van der Waals surface area (Å²) >= 11 is 0. The number of carboxylic acids is 8. The number of aromatic carboxylic acids is 8. The highest BCUT2D eigenvalue weighted by atomic mass is 16.4. The molecule has 0 spiro atoms. The topological polar surface area (TPSA) is 298 Å². The summed E-state index contributed by atoms with van der Waals surface area (Å²) in [4.78, 5) is 83.8. The lowest BCUT2D eigenvalue weighted by molar-refractivity contribution is 0.0651. The Kier molecular flexibility index (Phi) is 14.4. The predicted octanol–water partition coefficient (Wildman–Crippen LogP) is 5.49. The second-order valence-corrected chi connectivity index (χ2v) is 9.92. The first-order valence-corrected chi connectivity index (χ1v) is 14.1. The van der Waals surface area contributed by atoms with Gasteiger partial charge in [-0.25, -0.2) is 38.4 Å². The van der Waals surface area contributed by atoms with Crippen LogP contribution in [-0.2, 0) is 0 Å². The van der Waals surface area contributed by atoms with Gasteiger partial charge in [-0.05, 0) is 89.6 Å². The first kappa shape index (κ1) is 40.3. The van der Waals surface area contributed by atoms with Crippen molar-refractivity contribution in [2.75, 3.05) is 0 Å². The fraction of sp³-hybridized carbons (Fsp3) is 0. The highest BCUT2D eigenvalue weighted by molar-refractivity contribution is 6.01. The highest BCUT2D eigenvalue weighted by Crippen LogP contribution is 2.18. The lowest BCUT2D eigenvalue weighted by Crippen LogP contribution is -2.06. The largest absolute Gasteiger partial charge is 0.478 e. The van der Waals surface area contributed by atoms with Crippen LogP contribution in [0.25, 0.3) is 10.8 Å². The zero-order chi connectivity index (χ0) is 39.1. The molecule has 0 amide bonds. The van der Waals surface area contributed by atoms with E-state index in [1.165, 1.54) is 91.0 Å². The van der Waals surface area contributed by atoms with Gasteiger partial charge in [0.15, 0.2) is 0 Å². The van der Waals surface area contributed by atoms with Crippen LogP contribution in [0.3, 0.4) is 0 Å². The maximum Gasteiger partial charge on any atom is 0.336 e. The zero-order valence-electron chi connectivity index (χ0n) is 26.2. The number of hydrogen-bond acceptors (Lipinski definition) is 8. The molecular formula is C36H26O16. The number of rotatable bonds is 8. The normalized spacial score (nSPS) is 9.62. The molecule has 5 aromatic rings. The van der Waals surface area contributed by atoms with Crippen LogP contribution in [0.2, 0.25) is 0 Å². The summed E-state index contributed by atoms with van der Waals surface area (Å²) in [5.74, 6) is -8.83. The van der Waals surface area contributed by atoms with Crippen LogP contribution in [0.4, 0.5) is 0 Å². The number of carbonyl (C=O) groups is 8. The van der Waals surface area contributed by atoms with E-state index < -0.39 is 47.8 Å². The SMILES string of the molecule is O=C(O)c1ccc(C(=O)O)cc1.O=C(O)c1ccc2cc(C(=O)O)ccc2c1.O=C(O)c1cccc(C(=O)O)c1.O=C(O)c1ccccc1C(=O)O. The average Bonchev–Trinajstić information content (AvgIpc) is 3.11. The summed E-state index contributed by atoms with van der Waals surface area (Å²) in [6.07, 6.45) is 0. The lowest BCUT2D eigenvalue weighted by atomic mass is 10.0. The number of fused-ring (bicyclic) bond motifs is 1. The molecule has 0 aliphatic carbocycles. The Hall–Kier alpha value is -7.88. The third kappa shape index (κ3) is 12.0. The molecule has 5 rings (SSSR count). The highest BCUT2D eigenvalue weighted by Gasteiger charge is 2.14. The molecule has 16 nitrogen and oxygen atoms in total. The third-order valence-corrected chi connectivity index (χ3v) is 6.46. The summed E-state index contributed by atoms with van der Waals surface area (Å²) in [5, 5.41) is 70.0. The summed E-state index contributed by atoms with van der Waals surface area (Å²) in [7, 11) is 0. The summed E-state index contributed by atoms with van der Waals surface area (Å²) < 4.78 is 0. The molecule has 8 N–H and O–H groups in total. The Morgan fingerprint density at radius 2 is 0.538 bits per heavy atom. The molecule has 0 atom stereocenters. The second kappa shape index (κ2) is 18.6. The van der Waals surface area contributed by atoms with E-state index in [0.717, 1.165) is 6.07 Å². The molecule has 52 heavy (non-hydrogen) atoms. The van der Waals surface area contributed by atoms with E-state index in [0.29, 0.717) is 10.8 Å². The van der Waals surface area contributed by atoms with Crippen LogP contribution in [0, 0.1) is 0 Å². The molecule has 0 aliphatic heterocycles. The van der Waals surface area contributed by atoms with Crippen LogP contribution in [0.1, 0.15) is 82.9 Å². The average molecular weight is 715 g/mol. The van der Waals surface area contributed by atoms with E-state index in [1.807, 2.05) is 0 Å². The van der Waals surface area contributed by atoms with Gasteiger partial charge >= 0.3 is 47.8 Å². The van der Waals surface area contributed by atoms with Gasteiger partial charge in [-0.3, -0.25) is 0 Å². The maximum absolute atomic E-state index is 10.7. The minimum absolute atomic E-state index is 0.0186. The monoisotopic (exact) mass is 714 g/mol. The molecule has 0 bridgehead atoms. The first-order chi connectivity index (χ1) is 24.4. The van der Waals surface area contributed by atoms with Crippen molar-refractivity contribution in [2.45, 2.75) is 0 Å². The van der Waals surface area contributed by atoms with Crippen LogP contribution in [0.15, 0.2) is 109 Å². The Bertz CT molecular complexity index is 2020. The molecule has 0 aliphatic rings. The van der Waals surface area contributed by atoms with E-state index in [1.54, 1.807) is 12.1 Å². The number of hydrogen-bond donors (Lipinski definition) is 8. The van der Waals surface area contributed by atoms with Crippen LogP contribution in [-0.4, -0.2) is 88.6 Å². The maximum atomic E-state index is 10.7. The number of carboxylic acid groups (broad SMARTS) is 8. The van der Waals surface area contributed by atoms with Crippen LogP contribution in [0.5, 0.6) is 0 Å². The van der Waals surface area contributed by atoms with Crippen molar-refractivity contribution in [1.82, 2.24) is 0 Å². The van der Waals surface area contributed by atoms with E-state index >= 15 is 0 Å². The quantitative estimate of drug-likeness (QED) is 0.0985. The summed E-state index contributed by atoms with van der Waals surface area (Å²) in [6, 6.07) is 24.8. The fourth-order valence-corrected chi connectivity index (χ4v) is 3.91. The smallest absolute Gasteiger partial charge is 0.336 e. The van der Waals surface area contributed by atoms with Crippen molar-refractivity contribution >= 4 is 58.5 Å². The standard InChI is InChI=1S/C12H8O4.3C8H6O4/c13-11(14)9-3-1-7-5-10(12(15)16)4-2-8(7)6-9;9-7(10)5-1-2-6(4-3-5)8(11)12;9-7(10)5-2-1-3-6(4-5)8(11)12;9-7(10)5-3-1-2-4-6(5)8(11)12/h1-6H,(H,13,14)(H,15,16);3*1-4H,(H,9,10)(H,11,12). The summed E-state index contributed by atoms with van der Waals surface area (Å²) in [5.41, 5.74) is 0.131. The van der Waals surface area contributed by atoms with Crippen molar-refractivity contribution < 1.29 is 79.2 Å². The Balaban J connectivity index is 0.000000242. The van der Waals surface area contributed by atoms with Gasteiger partial charge in [0.1, 0.15) is 0 Å². The third-order valence-electron chi connectivity index (χ3n) is 6.46. The van der Waals surface area contributed by atoms with Crippen LogP contribution >= 0.6 is 0 Å². The van der Waals surface area contributed by atoms with Crippen molar-refractivity contribution in [3.05, 3.63) is 154 Å².